The van der Waals surface area contributed by atoms with Crippen molar-refractivity contribution in [1.29, 1.82) is 0 Å². The zero-order valence-corrected chi connectivity index (χ0v) is 10.9. The molecule has 0 radical (unpaired) electrons. The van der Waals surface area contributed by atoms with E-state index in [1.54, 1.807) is 30.0 Å². The van der Waals surface area contributed by atoms with Crippen molar-refractivity contribution in [3.8, 4) is 0 Å². The van der Waals surface area contributed by atoms with Gasteiger partial charge in [-0.05, 0) is 30.8 Å². The Hall–Kier alpha value is -1.07. The molecule has 1 aliphatic heterocycles. The van der Waals surface area contributed by atoms with Crippen LogP contribution in [0.3, 0.4) is 0 Å². The van der Waals surface area contributed by atoms with Crippen molar-refractivity contribution in [3.63, 3.8) is 0 Å². The minimum Gasteiger partial charge on any atom is -0.351 e. The highest BCUT2D eigenvalue weighted by Gasteiger charge is 2.16. The van der Waals surface area contributed by atoms with Gasteiger partial charge in [-0.1, -0.05) is 18.2 Å². The average molecular weight is 268 g/mol. The second kappa shape index (κ2) is 6.75. The van der Waals surface area contributed by atoms with Gasteiger partial charge in [-0.15, -0.1) is 0 Å². The number of halogens is 1. The van der Waals surface area contributed by atoms with Gasteiger partial charge in [0.1, 0.15) is 5.82 Å². The predicted octanol–water partition coefficient (Wildman–Crippen LogP) is 1.39. The maximum Gasteiger partial charge on any atom is 0.230 e. The van der Waals surface area contributed by atoms with Gasteiger partial charge in [0.05, 0.1) is 5.75 Å². The Morgan fingerprint density at radius 2 is 2.22 bits per heavy atom. The lowest BCUT2D eigenvalue weighted by Gasteiger charge is -2.26. The van der Waals surface area contributed by atoms with E-state index in [0.717, 1.165) is 18.8 Å². The fourth-order valence-corrected chi connectivity index (χ4v) is 2.65. The number of carbonyl (C=O) groups is 1. The molecule has 18 heavy (non-hydrogen) atoms. The first-order chi connectivity index (χ1) is 8.75. The highest BCUT2D eigenvalue weighted by atomic mass is 32.2. The quantitative estimate of drug-likeness (QED) is 0.819. The SMILES string of the molecule is O=C(CSCC1CNC1)NCc1ccccc1F. The molecule has 0 atom stereocenters. The summed E-state index contributed by atoms with van der Waals surface area (Å²) in [7, 11) is 0. The predicted molar refractivity (Wildman–Crippen MR) is 71.9 cm³/mol. The van der Waals surface area contributed by atoms with E-state index in [1.165, 1.54) is 6.07 Å². The Bertz CT molecular complexity index is 410. The van der Waals surface area contributed by atoms with Crippen LogP contribution in [0.1, 0.15) is 5.56 Å². The number of amides is 1. The van der Waals surface area contributed by atoms with E-state index in [2.05, 4.69) is 10.6 Å². The largest absolute Gasteiger partial charge is 0.351 e. The number of benzene rings is 1. The van der Waals surface area contributed by atoms with E-state index in [-0.39, 0.29) is 18.3 Å². The molecule has 98 valence electrons. The molecule has 5 heteroatoms. The van der Waals surface area contributed by atoms with Crippen molar-refractivity contribution in [2.45, 2.75) is 6.54 Å². The standard InChI is InChI=1S/C13H17FN2OS/c14-12-4-2-1-3-11(12)7-16-13(17)9-18-8-10-5-15-6-10/h1-4,10,15H,5-9H2,(H,16,17). The van der Waals surface area contributed by atoms with Gasteiger partial charge >= 0.3 is 0 Å². The summed E-state index contributed by atoms with van der Waals surface area (Å²) in [6.45, 7) is 2.38. The van der Waals surface area contributed by atoms with Gasteiger partial charge in [0.15, 0.2) is 0 Å². The number of hydrogen-bond donors (Lipinski definition) is 2. The van der Waals surface area contributed by atoms with Gasteiger partial charge in [-0.3, -0.25) is 4.79 Å². The van der Waals surface area contributed by atoms with Crippen LogP contribution in [0.5, 0.6) is 0 Å². The van der Waals surface area contributed by atoms with Crippen LogP contribution in [0.25, 0.3) is 0 Å². The van der Waals surface area contributed by atoms with Gasteiger partial charge < -0.3 is 10.6 Å². The molecule has 0 spiro atoms. The Kier molecular flexibility index (Phi) is 5.01. The number of nitrogens with one attached hydrogen (secondary N) is 2. The molecule has 0 bridgehead atoms. The molecule has 1 aromatic rings. The summed E-state index contributed by atoms with van der Waals surface area (Å²) in [5.41, 5.74) is 0.527. The molecular formula is C13H17FN2OS. The molecular weight excluding hydrogens is 251 g/mol. The highest BCUT2D eigenvalue weighted by Crippen LogP contribution is 2.12. The van der Waals surface area contributed by atoms with Gasteiger partial charge in [-0.2, -0.15) is 11.8 Å². The lowest BCUT2D eigenvalue weighted by molar-refractivity contribution is -0.118. The van der Waals surface area contributed by atoms with Crippen molar-refractivity contribution >= 4 is 17.7 Å². The molecule has 1 amide bonds. The molecule has 3 nitrogen and oxygen atoms in total. The highest BCUT2D eigenvalue weighted by molar-refractivity contribution is 7.99. The monoisotopic (exact) mass is 268 g/mol. The van der Waals surface area contributed by atoms with E-state index >= 15 is 0 Å². The van der Waals surface area contributed by atoms with E-state index in [0.29, 0.717) is 17.2 Å². The minimum atomic E-state index is -0.272. The van der Waals surface area contributed by atoms with Crippen LogP contribution in [0.4, 0.5) is 4.39 Å². The first-order valence-electron chi connectivity index (χ1n) is 6.04. The third-order valence-electron chi connectivity index (χ3n) is 2.89. The number of hydrogen-bond acceptors (Lipinski definition) is 3. The molecule has 1 saturated heterocycles. The average Bonchev–Trinajstić information content (AvgIpc) is 2.31. The maximum absolute atomic E-state index is 13.3. The summed E-state index contributed by atoms with van der Waals surface area (Å²) in [4.78, 5) is 11.5. The molecule has 1 aliphatic rings. The second-order valence-electron chi connectivity index (χ2n) is 4.41. The minimum absolute atomic E-state index is 0.0319. The number of thioether (sulfide) groups is 1. The summed E-state index contributed by atoms with van der Waals surface area (Å²) in [5.74, 6) is 1.86. The molecule has 0 aromatic heterocycles. The third kappa shape index (κ3) is 3.99. The van der Waals surface area contributed by atoms with Crippen LogP contribution in [0.15, 0.2) is 24.3 Å². The molecule has 1 heterocycles. The third-order valence-corrected chi connectivity index (χ3v) is 4.06. The van der Waals surface area contributed by atoms with Crippen molar-refractivity contribution in [1.82, 2.24) is 10.6 Å². The van der Waals surface area contributed by atoms with Gasteiger partial charge in [0.25, 0.3) is 0 Å². The van der Waals surface area contributed by atoms with Crippen LogP contribution < -0.4 is 10.6 Å². The van der Waals surface area contributed by atoms with E-state index in [9.17, 15) is 9.18 Å². The van der Waals surface area contributed by atoms with Crippen LogP contribution in [0, 0.1) is 11.7 Å². The van der Waals surface area contributed by atoms with E-state index < -0.39 is 0 Å². The molecule has 2 N–H and O–H groups in total. The second-order valence-corrected chi connectivity index (χ2v) is 5.44. The summed E-state index contributed by atoms with van der Waals surface area (Å²) < 4.78 is 13.3. The van der Waals surface area contributed by atoms with E-state index in [1.807, 2.05) is 0 Å². The Morgan fingerprint density at radius 3 is 2.89 bits per heavy atom. The first kappa shape index (κ1) is 13.4. The number of carbonyl (C=O) groups excluding carboxylic acids is 1. The van der Waals surface area contributed by atoms with Crippen LogP contribution in [-0.4, -0.2) is 30.5 Å². The van der Waals surface area contributed by atoms with Crippen LogP contribution >= 0.6 is 11.8 Å². The maximum atomic E-state index is 13.3. The lowest BCUT2D eigenvalue weighted by atomic mass is 10.1. The molecule has 2 rings (SSSR count). The molecule has 0 unspecified atom stereocenters. The molecule has 0 saturated carbocycles. The van der Waals surface area contributed by atoms with Crippen molar-refractivity contribution in [2.75, 3.05) is 24.6 Å². The molecule has 0 aliphatic carbocycles. The summed E-state index contributed by atoms with van der Waals surface area (Å²) in [5, 5.41) is 5.93. The summed E-state index contributed by atoms with van der Waals surface area (Å²) >= 11 is 1.64. The first-order valence-corrected chi connectivity index (χ1v) is 7.20. The fraction of sp³-hybridized carbons (Fsp3) is 0.462. The Labute approximate surface area is 111 Å². The Morgan fingerprint density at radius 1 is 1.44 bits per heavy atom. The summed E-state index contributed by atoms with van der Waals surface area (Å²) in [6, 6.07) is 6.49. The molecule has 1 aromatic carbocycles. The van der Waals surface area contributed by atoms with Crippen molar-refractivity contribution < 1.29 is 9.18 Å². The summed E-state index contributed by atoms with van der Waals surface area (Å²) in [6.07, 6.45) is 0. The van der Waals surface area contributed by atoms with Crippen molar-refractivity contribution in [2.24, 2.45) is 5.92 Å². The van der Waals surface area contributed by atoms with Gasteiger partial charge in [-0.25, -0.2) is 4.39 Å². The van der Waals surface area contributed by atoms with E-state index in [4.69, 9.17) is 0 Å². The lowest BCUT2D eigenvalue weighted by Crippen LogP contribution is -2.43. The van der Waals surface area contributed by atoms with Gasteiger partial charge in [0, 0.05) is 12.1 Å². The topological polar surface area (TPSA) is 41.1 Å². The zero-order valence-electron chi connectivity index (χ0n) is 10.1. The van der Waals surface area contributed by atoms with Gasteiger partial charge in [0.2, 0.25) is 5.91 Å². The van der Waals surface area contributed by atoms with Crippen LogP contribution in [-0.2, 0) is 11.3 Å². The normalized spacial score (nSPS) is 15.2. The Balaban J connectivity index is 1.63. The number of rotatable bonds is 6. The zero-order chi connectivity index (χ0) is 12.8. The fourth-order valence-electron chi connectivity index (χ4n) is 1.67. The molecule has 1 fully saturated rings. The van der Waals surface area contributed by atoms with Crippen LogP contribution in [0.2, 0.25) is 0 Å². The van der Waals surface area contributed by atoms with Crippen molar-refractivity contribution in [3.05, 3.63) is 35.6 Å². The smallest absolute Gasteiger partial charge is 0.230 e.